The highest BCUT2D eigenvalue weighted by Gasteiger charge is 2.28. The summed E-state index contributed by atoms with van der Waals surface area (Å²) in [6.07, 6.45) is 0.176. The summed E-state index contributed by atoms with van der Waals surface area (Å²) in [5.74, 6) is 0.992. The van der Waals surface area contributed by atoms with Gasteiger partial charge in [0, 0.05) is 17.6 Å². The molecule has 3 aromatic carbocycles. The number of ether oxygens (including phenoxy) is 6. The molecule has 8 nitrogen and oxygen atoms in total. The van der Waals surface area contributed by atoms with Crippen molar-refractivity contribution in [1.82, 2.24) is 0 Å². The Bertz CT molecular complexity index is 1290. The number of Topliss-reactive ketones (excluding diaryl/α,β-unsaturated/α-hetero) is 1. The summed E-state index contributed by atoms with van der Waals surface area (Å²) in [6.45, 7) is 0.0807. The molecular formula is C28H26O8. The maximum Gasteiger partial charge on any atom is 0.338 e. The number of methoxy groups -OCH3 is 4. The summed E-state index contributed by atoms with van der Waals surface area (Å²) in [6, 6.07) is 17.6. The lowest BCUT2D eigenvalue weighted by Crippen LogP contribution is -2.15. The predicted octanol–water partition coefficient (Wildman–Crippen LogP) is 4.49. The highest BCUT2D eigenvalue weighted by atomic mass is 16.7. The molecule has 0 radical (unpaired) electrons. The molecule has 0 bridgehead atoms. The Morgan fingerprint density at radius 1 is 0.778 bits per heavy atom. The predicted molar refractivity (Wildman–Crippen MR) is 132 cm³/mol. The number of benzene rings is 3. The number of carbonyl (C=O) groups is 2. The maximum absolute atomic E-state index is 14.1. The first kappa shape index (κ1) is 24.7. The summed E-state index contributed by atoms with van der Waals surface area (Å²) in [5.41, 5.74) is 1.94. The lowest BCUT2D eigenvalue weighted by atomic mass is 9.89. The van der Waals surface area contributed by atoms with Gasteiger partial charge >= 0.3 is 5.97 Å². The zero-order chi connectivity index (χ0) is 25.7. The molecule has 186 valence electrons. The van der Waals surface area contributed by atoms with Gasteiger partial charge < -0.3 is 28.4 Å². The van der Waals surface area contributed by atoms with Gasteiger partial charge in [-0.15, -0.1) is 0 Å². The molecule has 0 aliphatic carbocycles. The molecule has 36 heavy (non-hydrogen) atoms. The first-order chi connectivity index (χ1) is 17.5. The molecule has 0 aromatic heterocycles. The first-order valence-electron chi connectivity index (χ1n) is 11.1. The van der Waals surface area contributed by atoms with Crippen LogP contribution in [-0.2, 0) is 16.0 Å². The monoisotopic (exact) mass is 490 g/mol. The second kappa shape index (κ2) is 10.9. The number of hydrogen-bond acceptors (Lipinski definition) is 8. The van der Waals surface area contributed by atoms with Gasteiger partial charge in [-0.1, -0.05) is 36.4 Å². The summed E-state index contributed by atoms with van der Waals surface area (Å²) in [4.78, 5) is 27.2. The van der Waals surface area contributed by atoms with Crippen molar-refractivity contribution in [2.45, 2.75) is 6.42 Å². The average Bonchev–Trinajstić information content (AvgIpc) is 3.40. The van der Waals surface area contributed by atoms with Crippen molar-refractivity contribution in [3.05, 3.63) is 82.9 Å². The van der Waals surface area contributed by atoms with Crippen LogP contribution in [0.2, 0.25) is 0 Å². The van der Waals surface area contributed by atoms with Crippen LogP contribution in [0.15, 0.2) is 66.2 Å². The Morgan fingerprint density at radius 2 is 1.44 bits per heavy atom. The average molecular weight is 491 g/mol. The third kappa shape index (κ3) is 4.84. The lowest BCUT2D eigenvalue weighted by molar-refractivity contribution is -0.133. The molecule has 0 spiro atoms. The van der Waals surface area contributed by atoms with Crippen molar-refractivity contribution in [1.29, 1.82) is 0 Å². The van der Waals surface area contributed by atoms with Crippen molar-refractivity contribution in [3.8, 4) is 28.7 Å². The van der Waals surface area contributed by atoms with Gasteiger partial charge in [-0.25, -0.2) is 4.79 Å². The van der Waals surface area contributed by atoms with Gasteiger partial charge in [0.05, 0.1) is 34.0 Å². The van der Waals surface area contributed by atoms with E-state index >= 15 is 0 Å². The minimum absolute atomic E-state index is 0.0807. The van der Waals surface area contributed by atoms with E-state index in [1.54, 1.807) is 30.3 Å². The molecule has 1 aliphatic rings. The molecule has 1 aliphatic heterocycles. The lowest BCUT2D eigenvalue weighted by Gasteiger charge is -2.17. The van der Waals surface area contributed by atoms with Crippen LogP contribution >= 0.6 is 0 Å². The van der Waals surface area contributed by atoms with E-state index in [9.17, 15) is 9.59 Å². The fourth-order valence-electron chi connectivity index (χ4n) is 4.04. The van der Waals surface area contributed by atoms with Crippen molar-refractivity contribution in [3.63, 3.8) is 0 Å². The molecule has 0 atom stereocenters. The molecule has 8 heteroatoms. The van der Waals surface area contributed by atoms with Crippen LogP contribution in [0.4, 0.5) is 0 Å². The van der Waals surface area contributed by atoms with Crippen LogP contribution in [0.5, 0.6) is 28.7 Å². The number of ketones is 1. The number of esters is 1. The smallest absolute Gasteiger partial charge is 0.338 e. The Hall–Kier alpha value is -4.46. The normalized spacial score (nSPS) is 12.4. The molecule has 0 N–H and O–H groups in total. The van der Waals surface area contributed by atoms with Crippen LogP contribution in [0.25, 0.3) is 5.57 Å². The summed E-state index contributed by atoms with van der Waals surface area (Å²) in [5, 5.41) is 0. The first-order valence-corrected chi connectivity index (χ1v) is 11.1. The molecule has 3 aromatic rings. The van der Waals surface area contributed by atoms with Crippen molar-refractivity contribution >= 4 is 17.3 Å². The third-order valence-corrected chi connectivity index (χ3v) is 5.78. The quantitative estimate of drug-likeness (QED) is 0.246. The van der Waals surface area contributed by atoms with Crippen LogP contribution in [0.3, 0.4) is 0 Å². The van der Waals surface area contributed by atoms with Gasteiger partial charge in [-0.2, -0.15) is 0 Å². The van der Waals surface area contributed by atoms with Crippen LogP contribution in [0, 0.1) is 0 Å². The van der Waals surface area contributed by atoms with Crippen molar-refractivity contribution < 1.29 is 38.0 Å². The van der Waals surface area contributed by atoms with E-state index in [0.717, 1.165) is 5.56 Å². The minimum atomic E-state index is -0.652. The van der Waals surface area contributed by atoms with Gasteiger partial charge in [0.2, 0.25) is 12.5 Å². The number of fused-ring (bicyclic) bond motifs is 1. The molecule has 0 unspecified atom stereocenters. The Kier molecular flexibility index (Phi) is 7.44. The molecule has 0 fully saturated rings. The van der Waals surface area contributed by atoms with E-state index < -0.39 is 11.8 Å². The largest absolute Gasteiger partial charge is 0.493 e. The fourth-order valence-corrected chi connectivity index (χ4v) is 4.04. The highest BCUT2D eigenvalue weighted by molar-refractivity contribution is 6.27. The molecule has 4 rings (SSSR count). The Morgan fingerprint density at radius 3 is 2.06 bits per heavy atom. The van der Waals surface area contributed by atoms with Crippen LogP contribution in [-0.4, -0.2) is 47.0 Å². The molecular weight excluding hydrogens is 464 g/mol. The highest BCUT2D eigenvalue weighted by Crippen LogP contribution is 2.40. The maximum atomic E-state index is 14.1. The second-order valence-corrected chi connectivity index (χ2v) is 7.82. The Balaban J connectivity index is 1.94. The minimum Gasteiger partial charge on any atom is -0.493 e. The van der Waals surface area contributed by atoms with Gasteiger partial charge in [-0.05, 0) is 35.4 Å². The number of hydrogen-bond donors (Lipinski definition) is 0. The molecule has 0 saturated heterocycles. The van der Waals surface area contributed by atoms with Crippen LogP contribution in [0.1, 0.15) is 21.5 Å². The van der Waals surface area contributed by atoms with E-state index in [1.807, 2.05) is 30.3 Å². The fraction of sp³-hybridized carbons (Fsp3) is 0.214. The zero-order valence-electron chi connectivity index (χ0n) is 20.5. The van der Waals surface area contributed by atoms with Crippen molar-refractivity contribution in [2.24, 2.45) is 0 Å². The van der Waals surface area contributed by atoms with Gasteiger partial charge in [-0.3, -0.25) is 4.79 Å². The topological polar surface area (TPSA) is 89.5 Å². The van der Waals surface area contributed by atoms with Crippen molar-refractivity contribution in [2.75, 3.05) is 35.2 Å². The Labute approximate surface area is 209 Å². The van der Waals surface area contributed by atoms with E-state index in [-0.39, 0.29) is 29.9 Å². The SMILES string of the molecule is COC(=O)/C(=C(/Cc1ccccc1)C(=O)c1cc(OC)c(OC)c(OC)c1)c1ccc2c(c1)OCO2. The standard InChI is InChI=1S/C28H26O8/c1-31-23-14-19(15-24(32-2)27(23)33-3)26(29)20(12-17-8-6-5-7-9-17)25(28(30)34-4)18-10-11-21-22(13-18)36-16-35-21/h5-11,13-15H,12,16H2,1-4H3/b25-20-. The molecule has 1 heterocycles. The molecule has 0 amide bonds. The van der Waals surface area contributed by atoms with Crippen LogP contribution < -0.4 is 23.7 Å². The summed E-state index contributed by atoms with van der Waals surface area (Å²) in [7, 11) is 5.70. The second-order valence-electron chi connectivity index (χ2n) is 7.82. The van der Waals surface area contributed by atoms with E-state index in [1.165, 1.54) is 28.4 Å². The van der Waals surface area contributed by atoms with E-state index in [0.29, 0.717) is 34.3 Å². The zero-order valence-corrected chi connectivity index (χ0v) is 20.5. The van der Waals surface area contributed by atoms with Gasteiger partial charge in [0.25, 0.3) is 0 Å². The third-order valence-electron chi connectivity index (χ3n) is 5.78. The molecule has 0 saturated carbocycles. The van der Waals surface area contributed by atoms with E-state index in [2.05, 4.69) is 0 Å². The van der Waals surface area contributed by atoms with E-state index in [4.69, 9.17) is 28.4 Å². The number of rotatable bonds is 9. The summed E-state index contributed by atoms with van der Waals surface area (Å²) < 4.78 is 32.3. The number of allylic oxidation sites excluding steroid dienone is 1. The summed E-state index contributed by atoms with van der Waals surface area (Å²) >= 11 is 0. The van der Waals surface area contributed by atoms with Gasteiger partial charge in [0.1, 0.15) is 0 Å². The van der Waals surface area contributed by atoms with Gasteiger partial charge in [0.15, 0.2) is 28.8 Å². The number of carbonyl (C=O) groups excluding carboxylic acids is 2.